The summed E-state index contributed by atoms with van der Waals surface area (Å²) in [5.41, 5.74) is 10.6. The number of fused-ring (bicyclic) bond motifs is 1. The molecule has 0 radical (unpaired) electrons. The molecule has 5 heteroatoms. The first-order valence-electron chi connectivity index (χ1n) is 6.85. The lowest BCUT2D eigenvalue weighted by Crippen LogP contribution is -2.04. The van der Waals surface area contributed by atoms with Crippen LogP contribution in [0.1, 0.15) is 11.1 Å². The highest BCUT2D eigenvalue weighted by atomic mass is 32.1. The van der Waals surface area contributed by atoms with Crippen molar-refractivity contribution in [2.45, 2.75) is 6.42 Å². The average molecular weight is 309 g/mol. The molecule has 3 heterocycles. The van der Waals surface area contributed by atoms with E-state index < -0.39 is 0 Å². The Morgan fingerprint density at radius 3 is 2.86 bits per heavy atom. The molecule has 108 valence electrons. The molecule has 0 atom stereocenters. The normalized spacial score (nSPS) is 13.0. The van der Waals surface area contributed by atoms with Gasteiger partial charge in [0.1, 0.15) is 5.82 Å². The van der Waals surface area contributed by atoms with Crippen LogP contribution in [-0.2, 0) is 6.42 Å². The third-order valence-corrected chi connectivity index (χ3v) is 4.38. The molecule has 0 saturated carbocycles. The van der Waals surface area contributed by atoms with Crippen molar-refractivity contribution in [1.82, 2.24) is 4.98 Å². The van der Waals surface area contributed by atoms with Gasteiger partial charge in [0.25, 0.3) is 0 Å². The summed E-state index contributed by atoms with van der Waals surface area (Å²) in [5, 5.41) is 4.12. The topological polar surface area (TPSA) is 51.3 Å². The van der Waals surface area contributed by atoms with E-state index in [-0.39, 0.29) is 5.82 Å². The molecule has 0 spiro atoms. The number of benzene rings is 1. The highest BCUT2D eigenvalue weighted by molar-refractivity contribution is 7.08. The summed E-state index contributed by atoms with van der Waals surface area (Å²) in [6, 6.07) is 8.68. The number of thiophene rings is 1. The summed E-state index contributed by atoms with van der Waals surface area (Å²) in [7, 11) is 0. The standard InChI is InChI=1S/C17H12FN3S/c18-15-2-1-13(19)7-14(15)16-6-11-5-12(8-20-17(11)21-16)10-3-4-22-9-10/h1-5,7-9H,6,19H2. The van der Waals surface area contributed by atoms with E-state index >= 15 is 0 Å². The fourth-order valence-corrected chi connectivity index (χ4v) is 3.25. The first kappa shape index (κ1) is 13.2. The van der Waals surface area contributed by atoms with Gasteiger partial charge in [-0.3, -0.25) is 0 Å². The molecule has 1 aliphatic rings. The zero-order chi connectivity index (χ0) is 15.1. The van der Waals surface area contributed by atoms with Crippen LogP contribution in [0.5, 0.6) is 0 Å². The maximum Gasteiger partial charge on any atom is 0.155 e. The monoisotopic (exact) mass is 309 g/mol. The van der Waals surface area contributed by atoms with Gasteiger partial charge < -0.3 is 5.73 Å². The second-order valence-corrected chi connectivity index (χ2v) is 5.97. The van der Waals surface area contributed by atoms with Crippen LogP contribution in [0.15, 0.2) is 52.3 Å². The van der Waals surface area contributed by atoms with E-state index in [0.29, 0.717) is 29.2 Å². The first-order chi connectivity index (χ1) is 10.7. The summed E-state index contributed by atoms with van der Waals surface area (Å²) in [5.74, 6) is 0.356. The Kier molecular flexibility index (Phi) is 3.01. The van der Waals surface area contributed by atoms with Gasteiger partial charge in [-0.15, -0.1) is 0 Å². The minimum Gasteiger partial charge on any atom is -0.399 e. The lowest BCUT2D eigenvalue weighted by molar-refractivity contribution is 0.625. The van der Waals surface area contributed by atoms with Gasteiger partial charge in [-0.25, -0.2) is 14.4 Å². The molecule has 1 aliphatic heterocycles. The summed E-state index contributed by atoms with van der Waals surface area (Å²) in [6.45, 7) is 0. The Morgan fingerprint density at radius 1 is 1.14 bits per heavy atom. The quantitative estimate of drug-likeness (QED) is 0.721. The number of aliphatic imine (C=N–C) groups is 1. The fourth-order valence-electron chi connectivity index (χ4n) is 2.59. The molecule has 2 N–H and O–H groups in total. The SMILES string of the molecule is Nc1ccc(F)c(C2=Nc3ncc(-c4ccsc4)cc3C2)c1. The predicted octanol–water partition coefficient (Wildman–Crippen LogP) is 4.21. The van der Waals surface area contributed by atoms with E-state index in [1.54, 1.807) is 23.5 Å². The van der Waals surface area contributed by atoms with Crippen LogP contribution in [0, 0.1) is 5.82 Å². The Balaban J connectivity index is 1.71. The minimum absolute atomic E-state index is 0.307. The molecule has 3 aromatic rings. The average Bonchev–Trinajstić information content (AvgIpc) is 3.17. The van der Waals surface area contributed by atoms with Crippen molar-refractivity contribution in [3.05, 3.63) is 64.2 Å². The molecule has 3 nitrogen and oxygen atoms in total. The number of halogens is 1. The van der Waals surface area contributed by atoms with E-state index in [0.717, 1.165) is 16.7 Å². The number of nitrogens with zero attached hydrogens (tertiary/aromatic N) is 2. The molecule has 1 aromatic carbocycles. The summed E-state index contributed by atoms with van der Waals surface area (Å²) in [6.07, 6.45) is 2.38. The van der Waals surface area contributed by atoms with E-state index in [1.165, 1.54) is 6.07 Å². The summed E-state index contributed by atoms with van der Waals surface area (Å²) < 4.78 is 14.0. The largest absolute Gasteiger partial charge is 0.399 e. The van der Waals surface area contributed by atoms with Gasteiger partial charge in [-0.05, 0) is 46.7 Å². The third-order valence-electron chi connectivity index (χ3n) is 3.70. The molecule has 0 fully saturated rings. The Hall–Kier alpha value is -2.53. The smallest absolute Gasteiger partial charge is 0.155 e. The van der Waals surface area contributed by atoms with E-state index in [2.05, 4.69) is 27.5 Å². The fraction of sp³-hybridized carbons (Fsp3) is 0.0588. The highest BCUT2D eigenvalue weighted by Gasteiger charge is 2.20. The lowest BCUT2D eigenvalue weighted by Gasteiger charge is -2.04. The number of hydrogen-bond donors (Lipinski definition) is 1. The lowest BCUT2D eigenvalue weighted by atomic mass is 10.0. The van der Waals surface area contributed by atoms with E-state index in [4.69, 9.17) is 5.73 Å². The molecule has 0 aliphatic carbocycles. The minimum atomic E-state index is -0.307. The molecule has 0 bridgehead atoms. The molecule has 4 rings (SSSR count). The zero-order valence-corrected chi connectivity index (χ0v) is 12.4. The molecule has 0 saturated heterocycles. The van der Waals surface area contributed by atoms with Crippen LogP contribution >= 0.6 is 11.3 Å². The second-order valence-electron chi connectivity index (χ2n) is 5.19. The van der Waals surface area contributed by atoms with Crippen LogP contribution in [-0.4, -0.2) is 10.7 Å². The summed E-state index contributed by atoms with van der Waals surface area (Å²) in [4.78, 5) is 8.87. The van der Waals surface area contributed by atoms with Gasteiger partial charge in [0.15, 0.2) is 5.82 Å². The number of pyridine rings is 1. The van der Waals surface area contributed by atoms with Crippen LogP contribution in [0.3, 0.4) is 0 Å². The molecule has 0 unspecified atom stereocenters. The number of hydrogen-bond acceptors (Lipinski definition) is 4. The van der Waals surface area contributed by atoms with Crippen LogP contribution < -0.4 is 5.73 Å². The number of anilines is 1. The highest BCUT2D eigenvalue weighted by Crippen LogP contribution is 2.32. The van der Waals surface area contributed by atoms with Crippen molar-refractivity contribution in [3.8, 4) is 11.1 Å². The molecular formula is C17H12FN3S. The van der Waals surface area contributed by atoms with Crippen molar-refractivity contribution < 1.29 is 4.39 Å². The van der Waals surface area contributed by atoms with Crippen molar-refractivity contribution in [2.24, 2.45) is 4.99 Å². The number of nitrogens with two attached hydrogens (primary N) is 1. The van der Waals surface area contributed by atoms with Gasteiger partial charge >= 0.3 is 0 Å². The maximum atomic E-state index is 14.0. The number of nitrogen functional groups attached to an aromatic ring is 1. The van der Waals surface area contributed by atoms with Gasteiger partial charge in [0.2, 0.25) is 0 Å². The van der Waals surface area contributed by atoms with E-state index in [9.17, 15) is 4.39 Å². The molecule has 22 heavy (non-hydrogen) atoms. The van der Waals surface area contributed by atoms with Crippen LogP contribution in [0.4, 0.5) is 15.9 Å². The van der Waals surface area contributed by atoms with Crippen molar-refractivity contribution in [1.29, 1.82) is 0 Å². The van der Waals surface area contributed by atoms with Crippen LogP contribution in [0.2, 0.25) is 0 Å². The number of aromatic nitrogens is 1. The summed E-state index contributed by atoms with van der Waals surface area (Å²) >= 11 is 1.65. The Morgan fingerprint density at radius 2 is 2.05 bits per heavy atom. The Bertz CT molecular complexity index is 885. The van der Waals surface area contributed by atoms with Crippen molar-refractivity contribution in [3.63, 3.8) is 0 Å². The third kappa shape index (κ3) is 2.19. The predicted molar refractivity (Wildman–Crippen MR) is 88.3 cm³/mol. The van der Waals surface area contributed by atoms with Crippen molar-refractivity contribution in [2.75, 3.05) is 5.73 Å². The molecule has 2 aromatic heterocycles. The van der Waals surface area contributed by atoms with Gasteiger partial charge in [0, 0.05) is 35.0 Å². The van der Waals surface area contributed by atoms with Gasteiger partial charge in [0.05, 0.1) is 5.71 Å². The maximum absolute atomic E-state index is 14.0. The Labute approximate surface area is 131 Å². The number of rotatable bonds is 2. The van der Waals surface area contributed by atoms with Crippen molar-refractivity contribution >= 4 is 28.6 Å². The zero-order valence-electron chi connectivity index (χ0n) is 11.6. The van der Waals surface area contributed by atoms with Gasteiger partial charge in [-0.2, -0.15) is 11.3 Å². The molecule has 0 amide bonds. The van der Waals surface area contributed by atoms with Gasteiger partial charge in [-0.1, -0.05) is 0 Å². The second kappa shape index (κ2) is 5.03. The first-order valence-corrected chi connectivity index (χ1v) is 7.79. The molecular weight excluding hydrogens is 297 g/mol. The van der Waals surface area contributed by atoms with Crippen LogP contribution in [0.25, 0.3) is 11.1 Å². The van der Waals surface area contributed by atoms with E-state index in [1.807, 2.05) is 11.6 Å².